The van der Waals surface area contributed by atoms with E-state index in [1.807, 2.05) is 0 Å². The number of benzene rings is 1. The van der Waals surface area contributed by atoms with Crippen molar-refractivity contribution >= 4 is 10.9 Å². The lowest BCUT2D eigenvalue weighted by Crippen LogP contribution is -2.13. The number of rotatable bonds is 1. The summed E-state index contributed by atoms with van der Waals surface area (Å²) < 4.78 is 2.56. The number of para-hydroxylation sites is 1. The largest absolute Gasteiger partial charge is 0.342 e. The molecule has 1 nitrogen and oxygen atoms in total. The highest BCUT2D eigenvalue weighted by Gasteiger charge is 2.18. The number of aromatic nitrogens is 1. The van der Waals surface area contributed by atoms with Gasteiger partial charge in [-0.2, -0.15) is 0 Å². The van der Waals surface area contributed by atoms with E-state index in [-0.39, 0.29) is 0 Å². The van der Waals surface area contributed by atoms with E-state index in [4.69, 9.17) is 0 Å². The fraction of sp³-hybridized carbons (Fsp3) is 0.467. The first kappa shape index (κ1) is 9.95. The van der Waals surface area contributed by atoms with Gasteiger partial charge in [-0.05, 0) is 37.3 Å². The minimum absolute atomic E-state index is 0.744. The van der Waals surface area contributed by atoms with E-state index in [1.54, 1.807) is 0 Å². The molecule has 0 spiro atoms. The summed E-state index contributed by atoms with van der Waals surface area (Å²) in [7, 11) is 0. The van der Waals surface area contributed by atoms with Crippen LogP contribution in [0.3, 0.4) is 0 Å². The highest BCUT2D eigenvalue weighted by atomic mass is 15.0. The van der Waals surface area contributed by atoms with E-state index >= 15 is 0 Å². The maximum absolute atomic E-state index is 2.56. The second-order valence-electron chi connectivity index (χ2n) is 5.01. The van der Waals surface area contributed by atoms with Crippen molar-refractivity contribution in [2.24, 2.45) is 0 Å². The maximum atomic E-state index is 2.56. The zero-order valence-corrected chi connectivity index (χ0v) is 9.95. The Morgan fingerprint density at radius 2 is 1.81 bits per heavy atom. The summed E-state index contributed by atoms with van der Waals surface area (Å²) in [6.07, 6.45) is 6.95. The van der Waals surface area contributed by atoms with E-state index in [2.05, 4.69) is 41.8 Å². The molecule has 0 atom stereocenters. The number of nitrogens with zero attached hydrogens (tertiary/aromatic N) is 1. The lowest BCUT2D eigenvalue weighted by molar-refractivity contribution is 0.357. The van der Waals surface area contributed by atoms with Gasteiger partial charge in [0.15, 0.2) is 0 Å². The minimum Gasteiger partial charge on any atom is -0.342 e. The summed E-state index contributed by atoms with van der Waals surface area (Å²) in [6.45, 7) is 2.24. The molecular formula is C15H19N. The number of hydrogen-bond acceptors (Lipinski definition) is 0. The monoisotopic (exact) mass is 213 g/mol. The average molecular weight is 213 g/mol. The molecule has 0 N–H and O–H groups in total. The van der Waals surface area contributed by atoms with E-state index in [9.17, 15) is 0 Å². The molecule has 0 radical (unpaired) electrons. The molecule has 0 saturated heterocycles. The van der Waals surface area contributed by atoms with E-state index in [0.29, 0.717) is 0 Å². The van der Waals surface area contributed by atoms with Gasteiger partial charge < -0.3 is 4.57 Å². The third-order valence-corrected chi connectivity index (χ3v) is 3.88. The summed E-state index contributed by atoms with van der Waals surface area (Å²) in [4.78, 5) is 0. The van der Waals surface area contributed by atoms with Crippen LogP contribution in [-0.2, 0) is 0 Å². The van der Waals surface area contributed by atoms with Crippen LogP contribution in [0.5, 0.6) is 0 Å². The van der Waals surface area contributed by atoms with Crippen molar-refractivity contribution in [1.29, 1.82) is 0 Å². The summed E-state index contributed by atoms with van der Waals surface area (Å²) in [5, 5.41) is 1.39. The zero-order chi connectivity index (χ0) is 11.0. The van der Waals surface area contributed by atoms with Crippen LogP contribution in [0.4, 0.5) is 0 Å². The van der Waals surface area contributed by atoms with E-state index < -0.39 is 0 Å². The van der Waals surface area contributed by atoms with Gasteiger partial charge in [0.25, 0.3) is 0 Å². The van der Waals surface area contributed by atoms with Gasteiger partial charge >= 0.3 is 0 Å². The van der Waals surface area contributed by atoms with Gasteiger partial charge in [-0.25, -0.2) is 0 Å². The first-order chi connectivity index (χ1) is 7.86. The van der Waals surface area contributed by atoms with Crippen molar-refractivity contribution in [3.8, 4) is 0 Å². The molecule has 1 aromatic heterocycles. The first-order valence-electron chi connectivity index (χ1n) is 6.43. The topological polar surface area (TPSA) is 4.93 Å². The Morgan fingerprint density at radius 3 is 2.62 bits per heavy atom. The van der Waals surface area contributed by atoms with Crippen LogP contribution in [0, 0.1) is 6.92 Å². The Morgan fingerprint density at radius 1 is 1.06 bits per heavy atom. The maximum Gasteiger partial charge on any atom is 0.0485 e. The highest BCUT2D eigenvalue weighted by molar-refractivity contribution is 5.81. The zero-order valence-electron chi connectivity index (χ0n) is 9.95. The number of aryl methyl sites for hydroxylation is 1. The molecule has 0 unspecified atom stereocenters. The molecule has 0 bridgehead atoms. The molecule has 1 aromatic carbocycles. The first-order valence-corrected chi connectivity index (χ1v) is 6.43. The smallest absolute Gasteiger partial charge is 0.0485 e. The van der Waals surface area contributed by atoms with Crippen molar-refractivity contribution in [3.05, 3.63) is 36.0 Å². The molecule has 1 aliphatic carbocycles. The van der Waals surface area contributed by atoms with Crippen LogP contribution in [0.2, 0.25) is 0 Å². The summed E-state index contributed by atoms with van der Waals surface area (Å²) in [5.74, 6) is 0. The Balaban J connectivity index is 2.10. The van der Waals surface area contributed by atoms with Crippen LogP contribution in [0.1, 0.15) is 43.8 Å². The van der Waals surface area contributed by atoms with Crippen molar-refractivity contribution in [2.45, 2.75) is 45.1 Å². The van der Waals surface area contributed by atoms with Crippen molar-refractivity contribution in [3.63, 3.8) is 0 Å². The Bertz CT molecular complexity index is 489. The molecule has 1 heterocycles. The van der Waals surface area contributed by atoms with Crippen LogP contribution < -0.4 is 0 Å². The minimum atomic E-state index is 0.744. The third-order valence-electron chi connectivity index (χ3n) is 3.88. The predicted molar refractivity (Wildman–Crippen MR) is 68.8 cm³/mol. The number of fused-ring (bicyclic) bond motifs is 1. The van der Waals surface area contributed by atoms with Gasteiger partial charge in [-0.1, -0.05) is 37.5 Å². The molecule has 0 aliphatic heterocycles. The van der Waals surface area contributed by atoms with Crippen molar-refractivity contribution in [2.75, 3.05) is 0 Å². The van der Waals surface area contributed by atoms with Gasteiger partial charge in [0, 0.05) is 17.3 Å². The standard InChI is InChI=1S/C15H19N/c1-12-11-13-7-5-6-10-15(13)16(12)14-8-3-2-4-9-14/h5-7,10-11,14H,2-4,8-9H2,1H3. The number of hydrogen-bond donors (Lipinski definition) is 0. The summed E-state index contributed by atoms with van der Waals surface area (Å²) in [6, 6.07) is 11.8. The SMILES string of the molecule is Cc1cc2ccccc2n1C1CCCCC1. The highest BCUT2D eigenvalue weighted by Crippen LogP contribution is 2.33. The Kier molecular flexibility index (Phi) is 2.47. The molecule has 1 saturated carbocycles. The quantitative estimate of drug-likeness (QED) is 0.659. The second-order valence-corrected chi connectivity index (χ2v) is 5.01. The normalized spacial score (nSPS) is 18.1. The molecule has 2 aromatic rings. The molecule has 84 valence electrons. The van der Waals surface area contributed by atoms with Gasteiger partial charge in [0.2, 0.25) is 0 Å². The molecule has 3 rings (SSSR count). The molecule has 1 heteroatoms. The van der Waals surface area contributed by atoms with Gasteiger partial charge in [-0.3, -0.25) is 0 Å². The van der Waals surface area contributed by atoms with Crippen LogP contribution in [-0.4, -0.2) is 4.57 Å². The van der Waals surface area contributed by atoms with E-state index in [1.165, 1.54) is 48.7 Å². The average Bonchev–Trinajstić information content (AvgIpc) is 2.66. The fourth-order valence-corrected chi connectivity index (χ4v) is 3.14. The fourth-order valence-electron chi connectivity index (χ4n) is 3.14. The Hall–Kier alpha value is -1.24. The van der Waals surface area contributed by atoms with Crippen LogP contribution in [0.15, 0.2) is 30.3 Å². The molecule has 16 heavy (non-hydrogen) atoms. The van der Waals surface area contributed by atoms with Crippen LogP contribution >= 0.6 is 0 Å². The molecular weight excluding hydrogens is 194 g/mol. The lowest BCUT2D eigenvalue weighted by Gasteiger charge is -2.25. The molecule has 1 fully saturated rings. The molecule has 0 amide bonds. The van der Waals surface area contributed by atoms with Crippen molar-refractivity contribution in [1.82, 2.24) is 4.57 Å². The lowest BCUT2D eigenvalue weighted by atomic mass is 9.95. The predicted octanol–water partition coefficient (Wildman–Crippen LogP) is 4.45. The second kappa shape index (κ2) is 3.97. The third kappa shape index (κ3) is 1.55. The van der Waals surface area contributed by atoms with Gasteiger partial charge in [-0.15, -0.1) is 0 Å². The van der Waals surface area contributed by atoms with E-state index in [0.717, 1.165) is 6.04 Å². The van der Waals surface area contributed by atoms with Crippen molar-refractivity contribution < 1.29 is 0 Å². The van der Waals surface area contributed by atoms with Gasteiger partial charge in [0.05, 0.1) is 0 Å². The van der Waals surface area contributed by atoms with Gasteiger partial charge in [0.1, 0.15) is 0 Å². The Labute approximate surface area is 97.1 Å². The summed E-state index contributed by atoms with van der Waals surface area (Å²) in [5.41, 5.74) is 2.85. The van der Waals surface area contributed by atoms with Crippen LogP contribution in [0.25, 0.3) is 10.9 Å². The summed E-state index contributed by atoms with van der Waals surface area (Å²) >= 11 is 0. The molecule has 1 aliphatic rings.